The van der Waals surface area contributed by atoms with Crippen LogP contribution in [0.4, 0.5) is 0 Å². The Morgan fingerprint density at radius 1 is 1.26 bits per heavy atom. The minimum Gasteiger partial charge on any atom is -0.481 e. The van der Waals surface area contributed by atoms with Crippen molar-refractivity contribution in [3.63, 3.8) is 0 Å². The Morgan fingerprint density at radius 3 is 2.57 bits per heavy atom. The van der Waals surface area contributed by atoms with Gasteiger partial charge in [-0.25, -0.2) is 0 Å². The van der Waals surface area contributed by atoms with Crippen molar-refractivity contribution in [1.82, 2.24) is 10.3 Å². The summed E-state index contributed by atoms with van der Waals surface area (Å²) >= 11 is 6.12. The number of carbonyl (C=O) groups excluding carboxylic acids is 1. The molecule has 1 aromatic heterocycles. The molecule has 23 heavy (non-hydrogen) atoms. The van der Waals surface area contributed by atoms with Crippen molar-refractivity contribution < 1.29 is 14.7 Å². The Balaban J connectivity index is 2.29. The highest BCUT2D eigenvalue weighted by molar-refractivity contribution is 6.36. The first kappa shape index (κ1) is 17.2. The SMILES string of the molecule is CCC(CC)(CNC(=O)c1ccc(Cl)c2cccnc12)C(=O)O. The molecule has 122 valence electrons. The van der Waals surface area contributed by atoms with Crippen LogP contribution in [0.15, 0.2) is 30.5 Å². The topological polar surface area (TPSA) is 79.3 Å². The molecule has 5 nitrogen and oxygen atoms in total. The number of nitrogens with one attached hydrogen (secondary N) is 1. The summed E-state index contributed by atoms with van der Waals surface area (Å²) in [6.45, 7) is 3.69. The Labute approximate surface area is 139 Å². The number of aromatic nitrogens is 1. The maximum atomic E-state index is 12.5. The lowest BCUT2D eigenvalue weighted by atomic mass is 9.82. The van der Waals surface area contributed by atoms with Crippen molar-refractivity contribution in [3.8, 4) is 0 Å². The number of nitrogens with zero attached hydrogens (tertiary/aromatic N) is 1. The van der Waals surface area contributed by atoms with Crippen LogP contribution >= 0.6 is 11.6 Å². The van der Waals surface area contributed by atoms with Gasteiger partial charge in [-0.15, -0.1) is 0 Å². The molecular weight excluding hydrogens is 316 g/mol. The molecule has 2 N–H and O–H groups in total. The summed E-state index contributed by atoms with van der Waals surface area (Å²) < 4.78 is 0. The fourth-order valence-electron chi connectivity index (χ4n) is 2.54. The van der Waals surface area contributed by atoms with Crippen LogP contribution in [0.2, 0.25) is 5.02 Å². The molecule has 0 saturated carbocycles. The lowest BCUT2D eigenvalue weighted by Gasteiger charge is -2.26. The zero-order valence-corrected chi connectivity index (χ0v) is 13.9. The number of fused-ring (bicyclic) bond motifs is 1. The van der Waals surface area contributed by atoms with E-state index < -0.39 is 11.4 Å². The molecule has 0 spiro atoms. The van der Waals surface area contributed by atoms with Gasteiger partial charge in [-0.3, -0.25) is 14.6 Å². The third kappa shape index (κ3) is 3.29. The molecular formula is C17H19ClN2O3. The van der Waals surface area contributed by atoms with Crippen molar-refractivity contribution in [2.24, 2.45) is 5.41 Å². The number of aliphatic carboxylic acids is 1. The van der Waals surface area contributed by atoms with E-state index >= 15 is 0 Å². The molecule has 0 atom stereocenters. The summed E-state index contributed by atoms with van der Waals surface area (Å²) in [5, 5.41) is 13.4. The number of carbonyl (C=O) groups is 2. The fourth-order valence-corrected chi connectivity index (χ4v) is 2.76. The maximum absolute atomic E-state index is 12.5. The number of carboxylic acids is 1. The van der Waals surface area contributed by atoms with Gasteiger partial charge >= 0.3 is 5.97 Å². The second kappa shape index (κ2) is 6.96. The normalized spacial score (nSPS) is 11.4. The first-order valence-electron chi connectivity index (χ1n) is 7.50. The van der Waals surface area contributed by atoms with Gasteiger partial charge in [-0.1, -0.05) is 25.4 Å². The van der Waals surface area contributed by atoms with Crippen molar-refractivity contribution in [3.05, 3.63) is 41.0 Å². The number of benzene rings is 1. The summed E-state index contributed by atoms with van der Waals surface area (Å²) in [6.07, 6.45) is 2.48. The minimum absolute atomic E-state index is 0.0745. The molecule has 1 aromatic carbocycles. The van der Waals surface area contributed by atoms with Gasteiger partial charge in [0, 0.05) is 18.1 Å². The van der Waals surface area contributed by atoms with Crippen molar-refractivity contribution >= 4 is 34.4 Å². The molecule has 6 heteroatoms. The van der Waals surface area contributed by atoms with E-state index in [9.17, 15) is 14.7 Å². The molecule has 1 heterocycles. The van der Waals surface area contributed by atoms with Crippen molar-refractivity contribution in [2.75, 3.05) is 6.54 Å². The van der Waals surface area contributed by atoms with Crippen LogP contribution in [-0.2, 0) is 4.79 Å². The van der Waals surface area contributed by atoms with Gasteiger partial charge in [0.25, 0.3) is 5.91 Å². The van der Waals surface area contributed by atoms with Crippen LogP contribution in [0.5, 0.6) is 0 Å². The Hall–Kier alpha value is -2.14. The van der Waals surface area contributed by atoms with Crippen LogP contribution in [0.25, 0.3) is 10.9 Å². The predicted octanol–water partition coefficient (Wildman–Crippen LogP) is 3.51. The van der Waals surface area contributed by atoms with E-state index in [1.165, 1.54) is 0 Å². The molecule has 2 rings (SSSR count). The highest BCUT2D eigenvalue weighted by Gasteiger charge is 2.35. The second-order valence-corrected chi connectivity index (χ2v) is 5.88. The number of hydrogen-bond acceptors (Lipinski definition) is 3. The quantitative estimate of drug-likeness (QED) is 0.847. The van der Waals surface area contributed by atoms with Crippen molar-refractivity contribution in [2.45, 2.75) is 26.7 Å². The minimum atomic E-state index is -0.953. The molecule has 0 saturated heterocycles. The highest BCUT2D eigenvalue weighted by Crippen LogP contribution is 2.27. The number of hydrogen-bond donors (Lipinski definition) is 2. The van der Waals surface area contributed by atoms with Gasteiger partial charge in [0.05, 0.1) is 21.5 Å². The third-order valence-corrected chi connectivity index (χ3v) is 4.69. The molecule has 0 aliphatic carbocycles. The summed E-state index contributed by atoms with van der Waals surface area (Å²) in [4.78, 5) is 28.2. The molecule has 0 aliphatic rings. The van der Waals surface area contributed by atoms with E-state index in [0.29, 0.717) is 34.3 Å². The Bertz CT molecular complexity index is 742. The molecule has 0 unspecified atom stereocenters. The summed E-state index contributed by atoms with van der Waals surface area (Å²) in [5.41, 5.74) is -0.0615. The number of amides is 1. The average molecular weight is 335 g/mol. The zero-order chi connectivity index (χ0) is 17.0. The molecule has 0 fully saturated rings. The number of carboxylic acid groups (broad SMARTS) is 1. The first-order chi connectivity index (χ1) is 10.9. The molecule has 2 aromatic rings. The van der Waals surface area contributed by atoms with Crippen LogP contribution in [-0.4, -0.2) is 28.5 Å². The van der Waals surface area contributed by atoms with Gasteiger partial charge in [-0.05, 0) is 37.1 Å². The average Bonchev–Trinajstić information content (AvgIpc) is 2.56. The third-order valence-electron chi connectivity index (χ3n) is 4.36. The van der Waals surface area contributed by atoms with Crippen LogP contribution in [0, 0.1) is 5.41 Å². The number of rotatable bonds is 6. The summed E-state index contributed by atoms with van der Waals surface area (Å²) in [7, 11) is 0. The van der Waals surface area contributed by atoms with Gasteiger partial charge in [0.1, 0.15) is 0 Å². The Morgan fingerprint density at radius 2 is 1.96 bits per heavy atom. The maximum Gasteiger partial charge on any atom is 0.311 e. The van der Waals surface area contributed by atoms with E-state index in [4.69, 9.17) is 11.6 Å². The van der Waals surface area contributed by atoms with Crippen LogP contribution in [0.1, 0.15) is 37.0 Å². The zero-order valence-electron chi connectivity index (χ0n) is 13.1. The van der Waals surface area contributed by atoms with E-state index in [1.807, 2.05) is 13.8 Å². The van der Waals surface area contributed by atoms with E-state index in [0.717, 1.165) is 0 Å². The van der Waals surface area contributed by atoms with E-state index in [2.05, 4.69) is 10.3 Å². The van der Waals surface area contributed by atoms with Gasteiger partial charge in [-0.2, -0.15) is 0 Å². The van der Waals surface area contributed by atoms with Crippen LogP contribution in [0.3, 0.4) is 0 Å². The molecule has 0 aliphatic heterocycles. The van der Waals surface area contributed by atoms with E-state index in [1.54, 1.807) is 30.5 Å². The first-order valence-corrected chi connectivity index (χ1v) is 7.88. The molecule has 1 amide bonds. The van der Waals surface area contributed by atoms with Gasteiger partial charge in [0.15, 0.2) is 0 Å². The highest BCUT2D eigenvalue weighted by atomic mass is 35.5. The Kier molecular flexibility index (Phi) is 5.21. The number of pyridine rings is 1. The van der Waals surface area contributed by atoms with Crippen LogP contribution < -0.4 is 5.32 Å². The lowest BCUT2D eigenvalue weighted by Crippen LogP contribution is -2.42. The van der Waals surface area contributed by atoms with E-state index in [-0.39, 0.29) is 12.5 Å². The molecule has 0 radical (unpaired) electrons. The lowest BCUT2D eigenvalue weighted by molar-refractivity contribution is -0.149. The summed E-state index contributed by atoms with van der Waals surface area (Å²) in [6, 6.07) is 6.79. The summed E-state index contributed by atoms with van der Waals surface area (Å²) in [5.74, 6) is -1.25. The molecule has 0 bridgehead atoms. The smallest absolute Gasteiger partial charge is 0.311 e. The van der Waals surface area contributed by atoms with Gasteiger partial charge < -0.3 is 10.4 Å². The standard InChI is InChI=1S/C17H19ClN2O3/c1-3-17(4-2,16(22)23)10-20-15(21)12-7-8-13(18)11-6-5-9-19-14(11)12/h5-9H,3-4,10H2,1-2H3,(H,20,21)(H,22,23). The van der Waals surface area contributed by atoms with Crippen molar-refractivity contribution in [1.29, 1.82) is 0 Å². The largest absolute Gasteiger partial charge is 0.481 e. The second-order valence-electron chi connectivity index (χ2n) is 5.47. The predicted molar refractivity (Wildman–Crippen MR) is 89.7 cm³/mol. The monoisotopic (exact) mass is 334 g/mol. The fraction of sp³-hybridized carbons (Fsp3) is 0.353. The van der Waals surface area contributed by atoms with Gasteiger partial charge in [0.2, 0.25) is 0 Å². The number of halogens is 1.